The minimum atomic E-state index is -1.87. The highest BCUT2D eigenvalue weighted by molar-refractivity contribution is 5.83. The maximum Gasteiger partial charge on any atom is 0.413 e. The van der Waals surface area contributed by atoms with Gasteiger partial charge in [-0.05, 0) is 18.5 Å². The first-order valence-electron chi connectivity index (χ1n) is 8.54. The summed E-state index contributed by atoms with van der Waals surface area (Å²) >= 11 is 0. The van der Waals surface area contributed by atoms with Crippen LogP contribution in [0.25, 0.3) is 0 Å². The molecule has 26 heavy (non-hydrogen) atoms. The molecule has 1 aromatic heterocycles. The number of anilines is 1. The van der Waals surface area contributed by atoms with E-state index in [0.717, 1.165) is 10.1 Å². The molecule has 9 heteroatoms. The van der Waals surface area contributed by atoms with E-state index in [1.165, 1.54) is 12.3 Å². The predicted octanol–water partition coefficient (Wildman–Crippen LogP) is 1.61. The lowest BCUT2D eigenvalue weighted by molar-refractivity contribution is -0.0183. The number of aliphatic hydroxyl groups is 1. The van der Waals surface area contributed by atoms with Crippen molar-refractivity contribution in [2.24, 2.45) is 0 Å². The van der Waals surface area contributed by atoms with Crippen molar-refractivity contribution < 1.29 is 25.1 Å². The van der Waals surface area contributed by atoms with E-state index >= 15 is 0 Å². The first kappa shape index (κ1) is 16.7. The van der Waals surface area contributed by atoms with Crippen LogP contribution in [0.3, 0.4) is 0 Å². The van der Waals surface area contributed by atoms with Gasteiger partial charge in [-0.2, -0.15) is 4.98 Å². The molecule has 1 aliphatic rings. The topological polar surface area (TPSA) is 103 Å². The Morgan fingerprint density at radius 1 is 1.46 bits per heavy atom. The van der Waals surface area contributed by atoms with Crippen LogP contribution in [0.1, 0.15) is 20.1 Å². The van der Waals surface area contributed by atoms with Gasteiger partial charge in [0.2, 0.25) is 0 Å². The number of aromatic nitrogens is 2. The molecule has 4 atom stereocenters. The largest absolute Gasteiger partial charge is 0.444 e. The van der Waals surface area contributed by atoms with E-state index in [4.69, 9.17) is 10.8 Å². The molecule has 8 nitrogen and oxygen atoms in total. The predicted molar refractivity (Wildman–Crippen MR) is 89.2 cm³/mol. The summed E-state index contributed by atoms with van der Waals surface area (Å²) in [7, 11) is 0. The third-order valence-electron chi connectivity index (χ3n) is 3.84. The maximum atomic E-state index is 14.1. The fourth-order valence-electron chi connectivity index (χ4n) is 2.47. The third kappa shape index (κ3) is 3.89. The van der Waals surface area contributed by atoms with E-state index in [0.29, 0.717) is 0 Å². The standard InChI is InChI=1S/C17H18FN3O5/c1-10-14(22)13(18)15(26-10)21-8-7-12(19-16(21)23)20-17(24)25-9-11-5-3-2-4-6-11/h2-8,10,13-15,22H,9H2,1H3,(H,19,20,23,24)/i1D. The summed E-state index contributed by atoms with van der Waals surface area (Å²) in [6, 6.07) is 10.3. The van der Waals surface area contributed by atoms with Crippen LogP contribution in [0, 0.1) is 0 Å². The van der Waals surface area contributed by atoms with Gasteiger partial charge in [0.15, 0.2) is 12.4 Å². The molecule has 2 N–H and O–H groups in total. The van der Waals surface area contributed by atoms with E-state index in [9.17, 15) is 19.1 Å². The summed E-state index contributed by atoms with van der Waals surface area (Å²) in [6.07, 6.45) is -5.37. The van der Waals surface area contributed by atoms with E-state index in [1.807, 2.05) is 18.2 Å². The lowest BCUT2D eigenvalue weighted by Gasteiger charge is -2.15. The highest BCUT2D eigenvalue weighted by Gasteiger charge is 2.43. The molecule has 4 unspecified atom stereocenters. The number of benzene rings is 1. The number of hydrogen-bond acceptors (Lipinski definition) is 6. The highest BCUT2D eigenvalue weighted by atomic mass is 19.1. The Hall–Kier alpha value is -2.78. The zero-order chi connectivity index (χ0) is 19.4. The van der Waals surface area contributed by atoms with Gasteiger partial charge in [-0.25, -0.2) is 14.0 Å². The fourth-order valence-corrected chi connectivity index (χ4v) is 2.47. The van der Waals surface area contributed by atoms with Gasteiger partial charge in [0.1, 0.15) is 18.5 Å². The number of hydrogen-bond donors (Lipinski definition) is 2. The van der Waals surface area contributed by atoms with Gasteiger partial charge in [0, 0.05) is 7.57 Å². The third-order valence-corrected chi connectivity index (χ3v) is 3.84. The lowest BCUT2D eigenvalue weighted by atomic mass is 10.2. The van der Waals surface area contributed by atoms with Crippen molar-refractivity contribution in [3.05, 3.63) is 58.6 Å². The minimum absolute atomic E-state index is 0.0512. The van der Waals surface area contributed by atoms with Crippen LogP contribution in [0.15, 0.2) is 47.4 Å². The minimum Gasteiger partial charge on any atom is -0.444 e. The summed E-state index contributed by atoms with van der Waals surface area (Å²) in [5.74, 6) is -0.0692. The van der Waals surface area contributed by atoms with Crippen LogP contribution < -0.4 is 11.0 Å². The van der Waals surface area contributed by atoms with E-state index in [-0.39, 0.29) is 19.3 Å². The molecular weight excluding hydrogens is 345 g/mol. The molecule has 3 rings (SSSR count). The number of carbonyl (C=O) groups excluding carboxylic acids is 1. The summed E-state index contributed by atoms with van der Waals surface area (Å²) in [5, 5.41) is 12.0. The number of alkyl halides is 1. The first-order valence-corrected chi connectivity index (χ1v) is 7.83. The Morgan fingerprint density at radius 2 is 2.23 bits per heavy atom. The second-order valence-electron chi connectivity index (χ2n) is 5.69. The van der Waals surface area contributed by atoms with Crippen LogP contribution in [-0.2, 0) is 16.1 Å². The van der Waals surface area contributed by atoms with Crippen LogP contribution in [0.5, 0.6) is 0 Å². The molecule has 1 fully saturated rings. The summed E-state index contributed by atoms with van der Waals surface area (Å²) in [6.45, 7) is -0.289. The molecule has 1 aliphatic heterocycles. The van der Waals surface area contributed by atoms with Gasteiger partial charge in [-0.3, -0.25) is 9.88 Å². The number of amides is 1. The Balaban J connectivity index is 1.63. The Morgan fingerprint density at radius 3 is 2.88 bits per heavy atom. The molecule has 138 valence electrons. The number of halogens is 1. The zero-order valence-electron chi connectivity index (χ0n) is 14.6. The molecule has 2 aromatic rings. The van der Waals surface area contributed by atoms with Crippen LogP contribution in [-0.4, -0.2) is 39.1 Å². The average molecular weight is 364 g/mol. The van der Waals surface area contributed by atoms with E-state index in [2.05, 4.69) is 10.3 Å². The molecule has 2 heterocycles. The van der Waals surface area contributed by atoms with Crippen LogP contribution in [0.2, 0.25) is 0 Å². The summed E-state index contributed by atoms with van der Waals surface area (Å²) in [5.41, 5.74) is -0.0766. The van der Waals surface area contributed by atoms with Gasteiger partial charge in [-0.1, -0.05) is 30.3 Å². The normalized spacial score (nSPS) is 25.5. The lowest BCUT2D eigenvalue weighted by Crippen LogP contribution is -2.33. The van der Waals surface area contributed by atoms with Gasteiger partial charge in [-0.15, -0.1) is 0 Å². The number of nitrogens with one attached hydrogen (secondary N) is 1. The Kier molecular flexibility index (Phi) is 4.89. The molecule has 0 spiro atoms. The Bertz CT molecular complexity index is 850. The van der Waals surface area contributed by atoms with Gasteiger partial charge < -0.3 is 14.6 Å². The number of rotatable bonds is 4. The van der Waals surface area contributed by atoms with Crippen molar-refractivity contribution in [3.63, 3.8) is 0 Å². The van der Waals surface area contributed by atoms with Crippen molar-refractivity contribution in [3.8, 4) is 0 Å². The van der Waals surface area contributed by atoms with Gasteiger partial charge in [0.05, 0.1) is 6.10 Å². The molecular formula is C17H18FN3O5. The average Bonchev–Trinajstić information content (AvgIpc) is 2.95. The number of aliphatic hydroxyl groups excluding tert-OH is 1. The summed E-state index contributed by atoms with van der Waals surface area (Å²) in [4.78, 5) is 27.6. The summed E-state index contributed by atoms with van der Waals surface area (Å²) < 4.78 is 32.4. The van der Waals surface area contributed by atoms with Crippen LogP contribution in [0.4, 0.5) is 15.0 Å². The molecule has 0 radical (unpaired) electrons. The van der Waals surface area contributed by atoms with Crippen molar-refractivity contribution >= 4 is 11.9 Å². The Labute approximate surface area is 149 Å². The van der Waals surface area contributed by atoms with Crippen molar-refractivity contribution in [2.75, 3.05) is 5.32 Å². The number of ether oxygens (including phenoxy) is 2. The van der Waals surface area contributed by atoms with E-state index < -0.39 is 36.4 Å². The van der Waals surface area contributed by atoms with E-state index in [1.54, 1.807) is 12.1 Å². The number of carbonyl (C=O) groups is 1. The monoisotopic (exact) mass is 364 g/mol. The second-order valence-corrected chi connectivity index (χ2v) is 5.69. The quantitative estimate of drug-likeness (QED) is 0.854. The maximum absolute atomic E-state index is 14.1. The zero-order valence-corrected chi connectivity index (χ0v) is 13.6. The first-order chi connectivity index (χ1) is 13.0. The smallest absolute Gasteiger partial charge is 0.413 e. The van der Waals surface area contributed by atoms with Crippen molar-refractivity contribution in [2.45, 2.75) is 38.1 Å². The molecule has 0 bridgehead atoms. The molecule has 0 saturated carbocycles. The van der Waals surface area contributed by atoms with Crippen molar-refractivity contribution in [1.29, 1.82) is 0 Å². The van der Waals surface area contributed by atoms with Crippen LogP contribution >= 0.6 is 0 Å². The SMILES string of the molecule is [2H]CC1OC(n2ccc(NC(=O)OCc3ccccc3)nc2=O)C(F)C1O. The van der Waals surface area contributed by atoms with Gasteiger partial charge >= 0.3 is 11.8 Å². The highest BCUT2D eigenvalue weighted by Crippen LogP contribution is 2.30. The molecule has 1 amide bonds. The fraction of sp³-hybridized carbons (Fsp3) is 0.353. The van der Waals surface area contributed by atoms with Crippen molar-refractivity contribution in [1.82, 2.24) is 9.55 Å². The number of nitrogens with zero attached hydrogens (tertiary/aromatic N) is 2. The van der Waals surface area contributed by atoms with Gasteiger partial charge in [0.25, 0.3) is 0 Å². The molecule has 1 aromatic carbocycles. The molecule has 0 aliphatic carbocycles. The second kappa shape index (κ2) is 7.63. The molecule has 1 saturated heterocycles.